The predicted octanol–water partition coefficient (Wildman–Crippen LogP) is 2.81. The summed E-state index contributed by atoms with van der Waals surface area (Å²) in [4.78, 5) is 38.7. The Labute approximate surface area is 195 Å². The summed E-state index contributed by atoms with van der Waals surface area (Å²) in [6, 6.07) is 11.0. The molecule has 0 aliphatic carbocycles. The Hall–Kier alpha value is -4.34. The van der Waals surface area contributed by atoms with Gasteiger partial charge in [0, 0.05) is 24.0 Å². The number of anilines is 1. The van der Waals surface area contributed by atoms with E-state index in [4.69, 9.17) is 15.0 Å². The second-order valence-electron chi connectivity index (χ2n) is 8.04. The lowest BCUT2D eigenvalue weighted by Crippen LogP contribution is -2.22. The summed E-state index contributed by atoms with van der Waals surface area (Å²) in [5, 5.41) is 3.61. The monoisotopic (exact) mass is 463 g/mol. The smallest absolute Gasteiger partial charge is 0.346 e. The van der Waals surface area contributed by atoms with Gasteiger partial charge in [0.25, 0.3) is 5.56 Å². The molecule has 4 rings (SSSR count). The molecule has 0 spiro atoms. The Balaban J connectivity index is 1.67. The Kier molecular flexibility index (Phi) is 5.74. The van der Waals surface area contributed by atoms with Gasteiger partial charge in [-0.25, -0.2) is 9.48 Å². The number of nitrogens with zero attached hydrogens (tertiary/aromatic N) is 4. The molecular formula is C24H25N5O5. The van der Waals surface area contributed by atoms with Crippen LogP contribution in [0.4, 0.5) is 5.88 Å². The number of nitrogens with two attached hydrogens (primary N) is 1. The van der Waals surface area contributed by atoms with E-state index in [-0.39, 0.29) is 22.7 Å². The third-order valence-corrected chi connectivity index (χ3v) is 5.91. The molecule has 0 radical (unpaired) electrons. The third-order valence-electron chi connectivity index (χ3n) is 5.91. The summed E-state index contributed by atoms with van der Waals surface area (Å²) in [6.45, 7) is 6.48. The molecular weight excluding hydrogens is 438 g/mol. The van der Waals surface area contributed by atoms with Gasteiger partial charge in [0.05, 0.1) is 17.1 Å². The Morgan fingerprint density at radius 3 is 2.38 bits per heavy atom. The average molecular weight is 463 g/mol. The van der Waals surface area contributed by atoms with E-state index in [0.717, 1.165) is 11.4 Å². The van der Waals surface area contributed by atoms with Gasteiger partial charge in [0.2, 0.25) is 11.7 Å². The first-order chi connectivity index (χ1) is 16.1. The number of carbonyl (C=O) groups excluding carboxylic acids is 2. The molecule has 3 aromatic heterocycles. The molecule has 0 fully saturated rings. The van der Waals surface area contributed by atoms with Gasteiger partial charge < -0.3 is 19.6 Å². The van der Waals surface area contributed by atoms with E-state index in [1.165, 1.54) is 0 Å². The standard InChI is InChI=1S/C24H25N5O5/c1-13-11-18(19(30)12-33-24(32)20-14(2)26-34-22(20)25)15(3)28(13)21-16(4)27(5)29(23(21)31)17-9-7-6-8-10-17/h6-11H,12,25H2,1-5H3. The Morgan fingerprint density at radius 2 is 1.76 bits per heavy atom. The van der Waals surface area contributed by atoms with Crippen molar-refractivity contribution >= 4 is 17.6 Å². The van der Waals surface area contributed by atoms with Crippen molar-refractivity contribution in [1.29, 1.82) is 0 Å². The first-order valence-corrected chi connectivity index (χ1v) is 10.6. The van der Waals surface area contributed by atoms with E-state index in [2.05, 4.69) is 5.16 Å². The van der Waals surface area contributed by atoms with Crippen molar-refractivity contribution in [1.82, 2.24) is 19.1 Å². The average Bonchev–Trinajstić information content (AvgIpc) is 3.37. The van der Waals surface area contributed by atoms with E-state index in [9.17, 15) is 14.4 Å². The number of para-hydroxylation sites is 1. The molecule has 0 amide bonds. The first-order valence-electron chi connectivity index (χ1n) is 10.6. The van der Waals surface area contributed by atoms with Crippen LogP contribution in [0, 0.1) is 27.7 Å². The van der Waals surface area contributed by atoms with Gasteiger partial charge >= 0.3 is 5.97 Å². The largest absolute Gasteiger partial charge is 0.453 e. The second kappa shape index (κ2) is 8.54. The lowest BCUT2D eigenvalue weighted by Gasteiger charge is -2.09. The highest BCUT2D eigenvalue weighted by molar-refractivity contribution is 6.01. The van der Waals surface area contributed by atoms with E-state index < -0.39 is 18.4 Å². The minimum atomic E-state index is -0.789. The van der Waals surface area contributed by atoms with Gasteiger partial charge in [-0.15, -0.1) is 0 Å². The molecule has 3 heterocycles. The third kappa shape index (κ3) is 3.62. The number of aryl methyl sites for hydroxylation is 2. The number of hydrogen-bond donors (Lipinski definition) is 1. The molecule has 10 heteroatoms. The normalized spacial score (nSPS) is 11.1. The van der Waals surface area contributed by atoms with Crippen LogP contribution in [-0.4, -0.2) is 37.4 Å². The number of aromatic nitrogens is 4. The number of esters is 1. The van der Waals surface area contributed by atoms with Crippen molar-refractivity contribution in [2.24, 2.45) is 7.05 Å². The van der Waals surface area contributed by atoms with Gasteiger partial charge in [-0.05, 0) is 45.9 Å². The number of ketones is 1. The van der Waals surface area contributed by atoms with Crippen LogP contribution in [0.3, 0.4) is 0 Å². The molecule has 0 unspecified atom stereocenters. The summed E-state index contributed by atoms with van der Waals surface area (Å²) in [5.74, 6) is -1.36. The van der Waals surface area contributed by atoms with Crippen LogP contribution in [-0.2, 0) is 11.8 Å². The molecule has 4 aromatic rings. The molecule has 0 aliphatic heterocycles. The number of benzene rings is 1. The van der Waals surface area contributed by atoms with E-state index in [1.807, 2.05) is 51.2 Å². The molecule has 0 saturated carbocycles. The van der Waals surface area contributed by atoms with Crippen molar-refractivity contribution in [3.05, 3.63) is 80.7 Å². The maximum absolute atomic E-state index is 13.4. The topological polar surface area (TPSA) is 127 Å². The number of rotatable bonds is 6. The summed E-state index contributed by atoms with van der Waals surface area (Å²) in [7, 11) is 1.81. The zero-order valence-corrected chi connectivity index (χ0v) is 19.6. The van der Waals surface area contributed by atoms with Crippen LogP contribution in [0.1, 0.15) is 43.5 Å². The van der Waals surface area contributed by atoms with Crippen LogP contribution in [0.2, 0.25) is 0 Å². The highest BCUT2D eigenvalue weighted by atomic mass is 16.5. The predicted molar refractivity (Wildman–Crippen MR) is 125 cm³/mol. The lowest BCUT2D eigenvalue weighted by molar-refractivity contribution is 0.0474. The van der Waals surface area contributed by atoms with E-state index in [0.29, 0.717) is 22.6 Å². The van der Waals surface area contributed by atoms with Crippen molar-refractivity contribution in [3.63, 3.8) is 0 Å². The maximum atomic E-state index is 13.4. The zero-order valence-electron chi connectivity index (χ0n) is 19.6. The molecule has 34 heavy (non-hydrogen) atoms. The van der Waals surface area contributed by atoms with Crippen molar-refractivity contribution in [3.8, 4) is 11.4 Å². The number of Topliss-reactive ketones (excluding diaryl/α,β-unsaturated/α-hetero) is 1. The molecule has 2 N–H and O–H groups in total. The summed E-state index contributed by atoms with van der Waals surface area (Å²) < 4.78 is 15.0. The quantitative estimate of drug-likeness (QED) is 0.344. The van der Waals surface area contributed by atoms with Crippen LogP contribution in [0.5, 0.6) is 0 Å². The summed E-state index contributed by atoms with van der Waals surface area (Å²) in [6.07, 6.45) is 0. The van der Waals surface area contributed by atoms with Crippen LogP contribution >= 0.6 is 0 Å². The van der Waals surface area contributed by atoms with Crippen molar-refractivity contribution < 1.29 is 18.8 Å². The zero-order chi connectivity index (χ0) is 24.7. The SMILES string of the molecule is Cc1noc(N)c1C(=O)OCC(=O)c1cc(C)n(-c2c(C)n(C)n(-c3ccccc3)c2=O)c1C. The molecule has 1 aromatic carbocycles. The first kappa shape index (κ1) is 22.8. The minimum Gasteiger partial charge on any atom is -0.453 e. The van der Waals surface area contributed by atoms with Crippen molar-refractivity contribution in [2.75, 3.05) is 12.3 Å². The number of hydrogen-bond acceptors (Lipinski definition) is 7. The highest BCUT2D eigenvalue weighted by Gasteiger charge is 2.25. The van der Waals surface area contributed by atoms with Gasteiger partial charge in [0.15, 0.2) is 6.61 Å². The summed E-state index contributed by atoms with van der Waals surface area (Å²) >= 11 is 0. The van der Waals surface area contributed by atoms with E-state index >= 15 is 0 Å². The van der Waals surface area contributed by atoms with Crippen molar-refractivity contribution in [2.45, 2.75) is 27.7 Å². The Bertz CT molecular complexity index is 1450. The number of ether oxygens (including phenoxy) is 1. The fraction of sp³-hybridized carbons (Fsp3) is 0.250. The number of carbonyl (C=O) groups is 2. The number of nitrogen functional groups attached to an aromatic ring is 1. The van der Waals surface area contributed by atoms with Gasteiger partial charge in [-0.1, -0.05) is 23.4 Å². The summed E-state index contributed by atoms with van der Waals surface area (Å²) in [5.41, 5.74) is 9.23. The molecule has 0 aliphatic rings. The van der Waals surface area contributed by atoms with Crippen LogP contribution < -0.4 is 11.3 Å². The molecule has 176 valence electrons. The fourth-order valence-corrected chi connectivity index (χ4v) is 4.12. The second-order valence-corrected chi connectivity index (χ2v) is 8.04. The molecule has 10 nitrogen and oxygen atoms in total. The highest BCUT2D eigenvalue weighted by Crippen LogP contribution is 2.23. The van der Waals surface area contributed by atoms with Gasteiger partial charge in [-0.2, -0.15) is 0 Å². The Morgan fingerprint density at radius 1 is 1.09 bits per heavy atom. The fourth-order valence-electron chi connectivity index (χ4n) is 4.12. The van der Waals surface area contributed by atoms with Gasteiger partial charge in [-0.3, -0.25) is 14.3 Å². The minimum absolute atomic E-state index is 0.000328. The molecule has 0 saturated heterocycles. The maximum Gasteiger partial charge on any atom is 0.346 e. The molecule has 0 bridgehead atoms. The lowest BCUT2D eigenvalue weighted by atomic mass is 10.1. The van der Waals surface area contributed by atoms with Gasteiger partial charge in [0.1, 0.15) is 11.3 Å². The van der Waals surface area contributed by atoms with Crippen LogP contribution in [0.25, 0.3) is 11.4 Å². The molecule has 0 atom stereocenters. The van der Waals surface area contributed by atoms with Crippen LogP contribution in [0.15, 0.2) is 45.7 Å². The van der Waals surface area contributed by atoms with E-state index in [1.54, 1.807) is 33.8 Å².